The number of aryl methyl sites for hydroxylation is 2. The molecule has 0 radical (unpaired) electrons. The summed E-state index contributed by atoms with van der Waals surface area (Å²) in [5, 5.41) is 6.37. The van der Waals surface area contributed by atoms with Crippen molar-refractivity contribution < 1.29 is 9.53 Å². The standard InChI is InChI=1S/C23H20ClN3O3/c1-3-10-27-22(28)18-7-5-4-6-17(18)20(26-27)23(29)30-13-16-12-15-9-8-14(2)11-19(15)25-21(16)24/h4-9,11-12H,3,10,13H2,1-2H3. The maximum absolute atomic E-state index is 12.9. The van der Waals surface area contributed by atoms with Gasteiger partial charge in [0.15, 0.2) is 5.69 Å². The first-order chi connectivity index (χ1) is 14.5. The molecule has 0 saturated carbocycles. The summed E-state index contributed by atoms with van der Waals surface area (Å²) < 4.78 is 6.82. The third-order valence-corrected chi connectivity index (χ3v) is 5.18. The van der Waals surface area contributed by atoms with Crippen molar-refractivity contribution >= 4 is 39.2 Å². The summed E-state index contributed by atoms with van der Waals surface area (Å²) in [5.41, 5.74) is 2.37. The van der Waals surface area contributed by atoms with E-state index in [1.54, 1.807) is 24.3 Å². The van der Waals surface area contributed by atoms with Gasteiger partial charge in [0.25, 0.3) is 5.56 Å². The van der Waals surface area contributed by atoms with Crippen molar-refractivity contribution in [2.45, 2.75) is 33.4 Å². The van der Waals surface area contributed by atoms with Gasteiger partial charge in [0.05, 0.1) is 10.9 Å². The van der Waals surface area contributed by atoms with E-state index in [0.717, 1.165) is 22.9 Å². The normalized spacial score (nSPS) is 11.2. The molecule has 30 heavy (non-hydrogen) atoms. The second-order valence-electron chi connectivity index (χ2n) is 7.13. The van der Waals surface area contributed by atoms with E-state index in [9.17, 15) is 9.59 Å². The second-order valence-corrected chi connectivity index (χ2v) is 7.49. The lowest BCUT2D eigenvalue weighted by Crippen LogP contribution is -2.26. The zero-order chi connectivity index (χ0) is 21.3. The monoisotopic (exact) mass is 421 g/mol. The van der Waals surface area contributed by atoms with E-state index < -0.39 is 5.97 Å². The predicted octanol–water partition coefficient (Wildman–Crippen LogP) is 4.67. The fourth-order valence-electron chi connectivity index (χ4n) is 3.36. The summed E-state index contributed by atoms with van der Waals surface area (Å²) in [6, 6.07) is 14.7. The van der Waals surface area contributed by atoms with Crippen molar-refractivity contribution in [1.29, 1.82) is 0 Å². The number of fused-ring (bicyclic) bond motifs is 2. The molecule has 0 spiro atoms. The van der Waals surface area contributed by atoms with Gasteiger partial charge in [-0.05, 0) is 37.1 Å². The number of hydrogen-bond acceptors (Lipinski definition) is 5. The second kappa shape index (κ2) is 8.24. The number of carbonyl (C=O) groups is 1. The van der Waals surface area contributed by atoms with Crippen LogP contribution in [0, 0.1) is 6.92 Å². The molecule has 0 saturated heterocycles. The number of aromatic nitrogens is 3. The summed E-state index contributed by atoms with van der Waals surface area (Å²) in [6.07, 6.45) is 0.720. The minimum absolute atomic E-state index is 0.0443. The zero-order valence-corrected chi connectivity index (χ0v) is 17.4. The Morgan fingerprint density at radius 1 is 1.13 bits per heavy atom. The molecule has 0 aliphatic heterocycles. The topological polar surface area (TPSA) is 74.1 Å². The van der Waals surface area contributed by atoms with Gasteiger partial charge in [-0.15, -0.1) is 0 Å². The fourth-order valence-corrected chi connectivity index (χ4v) is 3.56. The molecule has 2 aromatic heterocycles. The Bertz CT molecular complexity index is 1330. The maximum atomic E-state index is 12.9. The first-order valence-corrected chi connectivity index (χ1v) is 10.1. The Hall–Kier alpha value is -3.25. The summed E-state index contributed by atoms with van der Waals surface area (Å²) >= 11 is 6.30. The third kappa shape index (κ3) is 3.78. The van der Waals surface area contributed by atoms with Gasteiger partial charge in [-0.3, -0.25) is 4.79 Å². The van der Waals surface area contributed by atoms with Gasteiger partial charge in [0.2, 0.25) is 0 Å². The highest BCUT2D eigenvalue weighted by atomic mass is 35.5. The number of carbonyl (C=O) groups excluding carboxylic acids is 1. The summed E-state index contributed by atoms with van der Waals surface area (Å²) in [5.74, 6) is -0.615. The Balaban J connectivity index is 1.66. The molecule has 0 aliphatic rings. The molecule has 6 nitrogen and oxygen atoms in total. The van der Waals surface area contributed by atoms with Crippen molar-refractivity contribution in [1.82, 2.24) is 14.8 Å². The van der Waals surface area contributed by atoms with Gasteiger partial charge in [0, 0.05) is 22.9 Å². The van der Waals surface area contributed by atoms with Gasteiger partial charge < -0.3 is 4.74 Å². The smallest absolute Gasteiger partial charge is 0.359 e. The largest absolute Gasteiger partial charge is 0.456 e. The van der Waals surface area contributed by atoms with Crippen LogP contribution in [0.4, 0.5) is 0 Å². The lowest BCUT2D eigenvalue weighted by Gasteiger charge is -2.11. The lowest BCUT2D eigenvalue weighted by atomic mass is 10.1. The Morgan fingerprint density at radius 3 is 2.67 bits per heavy atom. The van der Waals surface area contributed by atoms with E-state index in [0.29, 0.717) is 22.9 Å². The Kier molecular flexibility index (Phi) is 5.50. The average Bonchev–Trinajstić information content (AvgIpc) is 2.74. The van der Waals surface area contributed by atoms with Crippen LogP contribution in [0.25, 0.3) is 21.7 Å². The Labute approximate surface area is 178 Å². The van der Waals surface area contributed by atoms with Crippen molar-refractivity contribution in [3.05, 3.63) is 80.9 Å². The van der Waals surface area contributed by atoms with Crippen molar-refractivity contribution in [2.24, 2.45) is 0 Å². The van der Waals surface area contributed by atoms with Crippen LogP contribution in [0.5, 0.6) is 0 Å². The van der Waals surface area contributed by atoms with E-state index in [1.165, 1.54) is 4.68 Å². The van der Waals surface area contributed by atoms with Gasteiger partial charge in [-0.1, -0.05) is 48.9 Å². The SMILES string of the molecule is CCCn1nc(C(=O)OCc2cc3ccc(C)cc3nc2Cl)c2ccccc2c1=O. The van der Waals surface area contributed by atoms with Crippen LogP contribution >= 0.6 is 11.6 Å². The average molecular weight is 422 g/mol. The van der Waals surface area contributed by atoms with Crippen LogP contribution in [0.3, 0.4) is 0 Å². The lowest BCUT2D eigenvalue weighted by molar-refractivity contribution is 0.0465. The molecule has 4 aromatic rings. The number of pyridine rings is 1. The number of halogens is 1. The minimum atomic E-state index is -0.615. The molecule has 0 atom stereocenters. The number of nitrogens with zero attached hydrogens (tertiary/aromatic N) is 3. The van der Waals surface area contributed by atoms with E-state index in [-0.39, 0.29) is 23.0 Å². The number of esters is 1. The van der Waals surface area contributed by atoms with Crippen molar-refractivity contribution in [2.75, 3.05) is 0 Å². The molecule has 152 valence electrons. The number of hydrogen-bond donors (Lipinski definition) is 0. The first-order valence-electron chi connectivity index (χ1n) is 9.70. The van der Waals surface area contributed by atoms with E-state index in [2.05, 4.69) is 10.1 Å². The number of ether oxygens (including phenoxy) is 1. The molecule has 0 aliphatic carbocycles. The maximum Gasteiger partial charge on any atom is 0.359 e. The molecule has 4 rings (SSSR count). The molecule has 0 unspecified atom stereocenters. The van der Waals surface area contributed by atoms with Crippen LogP contribution in [-0.4, -0.2) is 20.7 Å². The number of benzene rings is 2. The van der Waals surface area contributed by atoms with Crippen LogP contribution in [0.15, 0.2) is 53.3 Å². The zero-order valence-electron chi connectivity index (χ0n) is 16.7. The molecule has 2 aromatic carbocycles. The van der Waals surface area contributed by atoms with Crippen LogP contribution < -0.4 is 5.56 Å². The summed E-state index contributed by atoms with van der Waals surface area (Å²) in [7, 11) is 0. The quantitative estimate of drug-likeness (QED) is 0.345. The van der Waals surface area contributed by atoms with E-state index in [1.807, 2.05) is 38.1 Å². The summed E-state index contributed by atoms with van der Waals surface area (Å²) in [4.78, 5) is 29.8. The van der Waals surface area contributed by atoms with E-state index >= 15 is 0 Å². The molecule has 0 fully saturated rings. The highest BCUT2D eigenvalue weighted by Crippen LogP contribution is 2.23. The fraction of sp³-hybridized carbons (Fsp3) is 0.217. The molecule has 0 amide bonds. The first kappa shape index (κ1) is 20.0. The van der Waals surface area contributed by atoms with Gasteiger partial charge >= 0.3 is 5.97 Å². The molecule has 0 bridgehead atoms. The predicted molar refractivity (Wildman–Crippen MR) is 117 cm³/mol. The van der Waals surface area contributed by atoms with Crippen LogP contribution in [-0.2, 0) is 17.9 Å². The highest BCUT2D eigenvalue weighted by molar-refractivity contribution is 6.30. The van der Waals surface area contributed by atoms with Crippen molar-refractivity contribution in [3.63, 3.8) is 0 Å². The van der Waals surface area contributed by atoms with Crippen LogP contribution in [0.1, 0.15) is 35.0 Å². The van der Waals surface area contributed by atoms with Gasteiger partial charge in [-0.25, -0.2) is 14.5 Å². The summed E-state index contributed by atoms with van der Waals surface area (Å²) in [6.45, 7) is 4.30. The van der Waals surface area contributed by atoms with Gasteiger partial charge in [-0.2, -0.15) is 5.10 Å². The van der Waals surface area contributed by atoms with Gasteiger partial charge in [0.1, 0.15) is 11.8 Å². The molecular weight excluding hydrogens is 402 g/mol. The molecule has 7 heteroatoms. The highest BCUT2D eigenvalue weighted by Gasteiger charge is 2.18. The Morgan fingerprint density at radius 2 is 1.90 bits per heavy atom. The van der Waals surface area contributed by atoms with Crippen molar-refractivity contribution in [3.8, 4) is 0 Å². The van der Waals surface area contributed by atoms with E-state index in [4.69, 9.17) is 16.3 Å². The molecular formula is C23H20ClN3O3. The minimum Gasteiger partial charge on any atom is -0.456 e. The number of rotatable bonds is 5. The molecule has 0 N–H and O–H groups in total. The third-order valence-electron chi connectivity index (χ3n) is 4.85. The van der Waals surface area contributed by atoms with Crippen LogP contribution in [0.2, 0.25) is 5.15 Å². The molecule has 2 heterocycles.